The summed E-state index contributed by atoms with van der Waals surface area (Å²) < 4.78 is 4.99. The van der Waals surface area contributed by atoms with Gasteiger partial charge in [0.05, 0.1) is 0 Å². The largest absolute Gasteiger partial charge is 0.475 e. The molecule has 7 heteroatoms. The summed E-state index contributed by atoms with van der Waals surface area (Å²) >= 11 is 1.69. The molecule has 0 fully saturated rings. The summed E-state index contributed by atoms with van der Waals surface area (Å²) in [6, 6.07) is 1.81. The van der Waals surface area contributed by atoms with Gasteiger partial charge in [-0.25, -0.2) is 4.79 Å². The van der Waals surface area contributed by atoms with Crippen LogP contribution in [0.2, 0.25) is 0 Å². The Balaban J connectivity index is 1.98. The Labute approximate surface area is 100 Å². The molecule has 2 aromatic rings. The number of carboxylic acid groups (broad SMARTS) is 1. The fourth-order valence-electron chi connectivity index (χ4n) is 1.91. The number of hydrogen-bond acceptors (Lipinski definition) is 6. The van der Waals surface area contributed by atoms with Crippen molar-refractivity contribution >= 4 is 17.3 Å². The molecular formula is C10H9N3O3S. The minimum absolute atomic E-state index is 0.189. The van der Waals surface area contributed by atoms with Crippen LogP contribution in [0.4, 0.5) is 0 Å². The van der Waals surface area contributed by atoms with Gasteiger partial charge in [0.25, 0.3) is 5.82 Å². The van der Waals surface area contributed by atoms with Gasteiger partial charge >= 0.3 is 5.97 Å². The van der Waals surface area contributed by atoms with Crippen LogP contribution in [0.5, 0.6) is 0 Å². The van der Waals surface area contributed by atoms with Gasteiger partial charge in [-0.2, -0.15) is 4.98 Å². The Morgan fingerprint density at radius 3 is 3.29 bits per heavy atom. The molecular weight excluding hydrogens is 242 g/mol. The van der Waals surface area contributed by atoms with Gasteiger partial charge in [0.15, 0.2) is 0 Å². The van der Waals surface area contributed by atoms with Crippen molar-refractivity contribution in [3.8, 4) is 0 Å². The lowest BCUT2D eigenvalue weighted by Crippen LogP contribution is -2.29. The number of carbonyl (C=O) groups is 1. The Morgan fingerprint density at radius 1 is 1.65 bits per heavy atom. The average molecular weight is 251 g/mol. The molecule has 2 N–H and O–H groups in total. The highest BCUT2D eigenvalue weighted by Gasteiger charge is 2.27. The van der Waals surface area contributed by atoms with E-state index in [-0.39, 0.29) is 11.9 Å². The Morgan fingerprint density at radius 2 is 2.53 bits per heavy atom. The maximum absolute atomic E-state index is 10.7. The van der Waals surface area contributed by atoms with Crippen LogP contribution < -0.4 is 5.32 Å². The summed E-state index contributed by atoms with van der Waals surface area (Å²) in [5.41, 5.74) is 1.10. The van der Waals surface area contributed by atoms with E-state index in [9.17, 15) is 4.79 Å². The van der Waals surface area contributed by atoms with E-state index in [1.807, 2.05) is 11.4 Å². The van der Waals surface area contributed by atoms with Crippen molar-refractivity contribution in [3.63, 3.8) is 0 Å². The maximum atomic E-state index is 10.7. The number of fused-ring (bicyclic) bond motifs is 1. The predicted molar refractivity (Wildman–Crippen MR) is 59.1 cm³/mol. The first kappa shape index (κ1) is 10.4. The summed E-state index contributed by atoms with van der Waals surface area (Å²) in [5, 5.41) is 17.4. The van der Waals surface area contributed by atoms with Crippen LogP contribution >= 0.6 is 11.3 Å². The molecule has 0 radical (unpaired) electrons. The molecule has 0 saturated heterocycles. The summed E-state index contributed by atoms with van der Waals surface area (Å²) in [7, 11) is 0. The molecule has 3 rings (SSSR count). The molecule has 1 unspecified atom stereocenters. The lowest BCUT2D eigenvalue weighted by molar-refractivity contribution is 0.0680. The van der Waals surface area contributed by atoms with E-state index in [2.05, 4.69) is 15.5 Å². The summed E-state index contributed by atoms with van der Waals surface area (Å²) in [6.07, 6.45) is 0.976. The topological polar surface area (TPSA) is 88.2 Å². The van der Waals surface area contributed by atoms with Gasteiger partial charge in [-0.1, -0.05) is 0 Å². The third-order valence-corrected chi connectivity index (χ3v) is 3.67. The first-order valence-corrected chi connectivity index (χ1v) is 6.00. The predicted octanol–water partition coefficient (Wildman–Crippen LogP) is 1.06. The van der Waals surface area contributed by atoms with Crippen molar-refractivity contribution in [1.29, 1.82) is 0 Å². The van der Waals surface area contributed by atoms with Crippen molar-refractivity contribution < 1.29 is 14.4 Å². The lowest BCUT2D eigenvalue weighted by Gasteiger charge is -2.20. The van der Waals surface area contributed by atoms with Crippen molar-refractivity contribution in [2.75, 3.05) is 6.54 Å². The zero-order valence-electron chi connectivity index (χ0n) is 8.71. The summed E-state index contributed by atoms with van der Waals surface area (Å²) in [6.45, 7) is 0.822. The third kappa shape index (κ3) is 1.73. The van der Waals surface area contributed by atoms with Crippen molar-refractivity contribution in [1.82, 2.24) is 15.5 Å². The first-order chi connectivity index (χ1) is 8.25. The zero-order chi connectivity index (χ0) is 11.8. The summed E-state index contributed by atoms with van der Waals surface area (Å²) in [4.78, 5) is 15.8. The zero-order valence-corrected chi connectivity index (χ0v) is 9.53. The molecule has 0 spiro atoms. The van der Waals surface area contributed by atoms with Gasteiger partial charge in [0.2, 0.25) is 5.89 Å². The molecule has 88 valence electrons. The van der Waals surface area contributed by atoms with Gasteiger partial charge < -0.3 is 14.9 Å². The molecule has 0 aliphatic carbocycles. The van der Waals surface area contributed by atoms with Crippen LogP contribution in [0.15, 0.2) is 16.0 Å². The minimum Gasteiger partial charge on any atom is -0.475 e. The minimum atomic E-state index is -1.18. The van der Waals surface area contributed by atoms with E-state index < -0.39 is 5.97 Å². The molecule has 3 heterocycles. The Hall–Kier alpha value is -1.73. The van der Waals surface area contributed by atoms with E-state index in [1.165, 1.54) is 4.88 Å². The molecule has 2 aromatic heterocycles. The number of carboxylic acids is 1. The number of nitrogens with zero attached hydrogens (tertiary/aromatic N) is 2. The molecule has 17 heavy (non-hydrogen) atoms. The van der Waals surface area contributed by atoms with Crippen LogP contribution in [0.1, 0.15) is 33.0 Å². The van der Waals surface area contributed by atoms with Crippen LogP contribution in [0.25, 0.3) is 0 Å². The van der Waals surface area contributed by atoms with Gasteiger partial charge in [-0.3, -0.25) is 0 Å². The highest BCUT2D eigenvalue weighted by Crippen LogP contribution is 2.31. The smallest absolute Gasteiger partial charge is 0.377 e. The molecule has 0 saturated carbocycles. The first-order valence-electron chi connectivity index (χ1n) is 5.12. The van der Waals surface area contributed by atoms with E-state index in [0.717, 1.165) is 18.5 Å². The van der Waals surface area contributed by atoms with Crippen LogP contribution in [-0.2, 0) is 6.42 Å². The number of aromatic carboxylic acids is 1. The fraction of sp³-hybridized carbons (Fsp3) is 0.300. The van der Waals surface area contributed by atoms with Gasteiger partial charge in [0.1, 0.15) is 6.04 Å². The Bertz CT molecular complexity index is 563. The Kier molecular flexibility index (Phi) is 2.41. The molecule has 6 nitrogen and oxygen atoms in total. The lowest BCUT2D eigenvalue weighted by atomic mass is 10.0. The van der Waals surface area contributed by atoms with Crippen molar-refractivity contribution in [3.05, 3.63) is 33.6 Å². The number of hydrogen-bond donors (Lipinski definition) is 2. The van der Waals surface area contributed by atoms with Crippen LogP contribution in [0.3, 0.4) is 0 Å². The van der Waals surface area contributed by atoms with Crippen LogP contribution in [0, 0.1) is 0 Å². The van der Waals surface area contributed by atoms with Gasteiger partial charge in [-0.05, 0) is 28.6 Å². The normalized spacial score (nSPS) is 18.9. The summed E-state index contributed by atoms with van der Waals surface area (Å²) in [5.74, 6) is -1.17. The molecule has 0 amide bonds. The average Bonchev–Trinajstić information content (AvgIpc) is 2.97. The number of nitrogens with one attached hydrogen (secondary N) is 1. The second-order valence-electron chi connectivity index (χ2n) is 3.70. The number of aromatic nitrogens is 2. The number of rotatable bonds is 2. The van der Waals surface area contributed by atoms with E-state index >= 15 is 0 Å². The molecule has 1 aliphatic rings. The third-order valence-electron chi connectivity index (χ3n) is 2.67. The van der Waals surface area contributed by atoms with E-state index in [1.54, 1.807) is 11.3 Å². The number of thiophene rings is 1. The molecule has 0 bridgehead atoms. The van der Waals surface area contributed by atoms with Crippen molar-refractivity contribution in [2.45, 2.75) is 12.5 Å². The van der Waals surface area contributed by atoms with Gasteiger partial charge in [0, 0.05) is 11.4 Å². The quantitative estimate of drug-likeness (QED) is 0.829. The van der Waals surface area contributed by atoms with E-state index in [4.69, 9.17) is 9.63 Å². The highest BCUT2D eigenvalue weighted by atomic mass is 32.1. The molecule has 1 atom stereocenters. The second kappa shape index (κ2) is 3.94. The van der Waals surface area contributed by atoms with Crippen molar-refractivity contribution in [2.24, 2.45) is 0 Å². The fourth-order valence-corrected chi connectivity index (χ4v) is 2.83. The highest BCUT2D eigenvalue weighted by molar-refractivity contribution is 7.10. The maximum Gasteiger partial charge on any atom is 0.377 e. The SMILES string of the molecule is O=C(O)c1noc(C2NCCc3sccc32)n1. The molecule has 1 aliphatic heterocycles. The van der Waals surface area contributed by atoms with Gasteiger partial charge in [-0.15, -0.1) is 11.3 Å². The monoisotopic (exact) mass is 251 g/mol. The van der Waals surface area contributed by atoms with E-state index in [0.29, 0.717) is 5.89 Å². The molecule has 0 aromatic carbocycles. The standard InChI is InChI=1S/C10H9N3O3S/c14-10(15)8-12-9(16-13-8)7-5-2-4-17-6(5)1-3-11-7/h2,4,7,11H,1,3H2,(H,14,15). The van der Waals surface area contributed by atoms with Crippen LogP contribution in [-0.4, -0.2) is 27.8 Å². The second-order valence-corrected chi connectivity index (χ2v) is 4.70.